The number of hydrogen-bond acceptors (Lipinski definition) is 5. The van der Waals surface area contributed by atoms with Gasteiger partial charge in [-0.3, -0.25) is 16.3 Å². The first-order valence-corrected chi connectivity index (χ1v) is 9.09. The van der Waals surface area contributed by atoms with Gasteiger partial charge in [0.2, 0.25) is 10.0 Å². The van der Waals surface area contributed by atoms with Crippen LogP contribution in [0.15, 0.2) is 18.3 Å². The lowest BCUT2D eigenvalue weighted by atomic mass is 9.89. The minimum Gasteiger partial charge on any atom is -0.271 e. The number of rotatable bonds is 5. The summed E-state index contributed by atoms with van der Waals surface area (Å²) >= 11 is 0. The maximum Gasteiger partial charge on any atom is 0.211 e. The summed E-state index contributed by atoms with van der Waals surface area (Å²) in [7, 11) is -3.10. The molecular formula is C14H24N4O2S. The maximum absolute atomic E-state index is 11.7. The molecule has 0 amide bonds. The number of aromatic nitrogens is 1. The molecule has 118 valence electrons. The first-order valence-electron chi connectivity index (χ1n) is 7.24. The quantitative estimate of drug-likeness (QED) is 0.624. The number of pyridine rings is 1. The van der Waals surface area contributed by atoms with Crippen molar-refractivity contribution >= 4 is 10.0 Å². The van der Waals surface area contributed by atoms with E-state index in [-0.39, 0.29) is 6.04 Å². The highest BCUT2D eigenvalue weighted by molar-refractivity contribution is 7.88. The van der Waals surface area contributed by atoms with Crippen LogP contribution in [0.4, 0.5) is 0 Å². The van der Waals surface area contributed by atoms with E-state index in [0.717, 1.165) is 30.5 Å². The second kappa shape index (κ2) is 6.83. The van der Waals surface area contributed by atoms with Gasteiger partial charge >= 0.3 is 0 Å². The average molecular weight is 312 g/mol. The van der Waals surface area contributed by atoms with Crippen molar-refractivity contribution in [3.05, 3.63) is 29.6 Å². The number of piperidine rings is 1. The fourth-order valence-corrected chi connectivity index (χ4v) is 3.95. The lowest BCUT2D eigenvalue weighted by Gasteiger charge is -2.33. The normalized spacial score (nSPS) is 22.1. The molecule has 1 aromatic rings. The predicted octanol–water partition coefficient (Wildman–Crippen LogP) is 0.956. The monoisotopic (exact) mass is 312 g/mol. The molecule has 3 N–H and O–H groups in total. The molecule has 0 spiro atoms. The van der Waals surface area contributed by atoms with Crippen molar-refractivity contribution in [2.75, 3.05) is 19.3 Å². The minimum atomic E-state index is -3.10. The van der Waals surface area contributed by atoms with Gasteiger partial charge in [-0.1, -0.05) is 6.07 Å². The topological polar surface area (TPSA) is 88.3 Å². The molecule has 2 heterocycles. The Labute approximate surface area is 126 Å². The van der Waals surface area contributed by atoms with Crippen LogP contribution in [-0.2, 0) is 10.0 Å². The molecule has 1 aliphatic heterocycles. The summed E-state index contributed by atoms with van der Waals surface area (Å²) in [5, 5.41) is 0. The highest BCUT2D eigenvalue weighted by atomic mass is 32.2. The highest BCUT2D eigenvalue weighted by Gasteiger charge is 2.28. The van der Waals surface area contributed by atoms with Crippen LogP contribution in [0.3, 0.4) is 0 Å². The number of hydrogen-bond donors (Lipinski definition) is 2. The van der Waals surface area contributed by atoms with Crippen LogP contribution in [-0.4, -0.2) is 37.1 Å². The molecule has 1 aliphatic rings. The Morgan fingerprint density at radius 1 is 1.57 bits per heavy atom. The standard InChI is InChI=1S/C14H24N4O2S/c1-11-13(6-3-7-16-11)14(17-15)9-12-5-4-8-18(10-12)21(2,19)20/h3,6-7,12,14,17H,4-5,8-10,15H2,1-2H3. The first-order chi connectivity index (χ1) is 9.91. The highest BCUT2D eigenvalue weighted by Crippen LogP contribution is 2.28. The Morgan fingerprint density at radius 3 is 2.95 bits per heavy atom. The summed E-state index contributed by atoms with van der Waals surface area (Å²) in [4.78, 5) is 4.29. The molecule has 2 unspecified atom stereocenters. The van der Waals surface area contributed by atoms with E-state index in [1.165, 1.54) is 6.26 Å². The molecule has 7 heteroatoms. The van der Waals surface area contributed by atoms with E-state index in [4.69, 9.17) is 5.84 Å². The van der Waals surface area contributed by atoms with E-state index >= 15 is 0 Å². The number of nitrogens with two attached hydrogens (primary N) is 1. The van der Waals surface area contributed by atoms with E-state index in [1.807, 2.05) is 19.1 Å². The fraction of sp³-hybridized carbons (Fsp3) is 0.643. The summed E-state index contributed by atoms with van der Waals surface area (Å²) in [6, 6.07) is 3.92. The van der Waals surface area contributed by atoms with Gasteiger partial charge in [-0.25, -0.2) is 12.7 Å². The van der Waals surface area contributed by atoms with E-state index in [0.29, 0.717) is 19.0 Å². The molecule has 0 aliphatic carbocycles. The van der Waals surface area contributed by atoms with Crippen LogP contribution >= 0.6 is 0 Å². The van der Waals surface area contributed by atoms with E-state index < -0.39 is 10.0 Å². The largest absolute Gasteiger partial charge is 0.271 e. The second-order valence-electron chi connectivity index (χ2n) is 5.76. The maximum atomic E-state index is 11.7. The van der Waals surface area contributed by atoms with Crippen LogP contribution in [0, 0.1) is 12.8 Å². The Balaban J connectivity index is 2.07. The zero-order chi connectivity index (χ0) is 15.5. The predicted molar refractivity (Wildman–Crippen MR) is 82.8 cm³/mol. The molecule has 21 heavy (non-hydrogen) atoms. The molecule has 0 bridgehead atoms. The Morgan fingerprint density at radius 2 is 2.33 bits per heavy atom. The van der Waals surface area contributed by atoms with Crippen LogP contribution in [0.1, 0.15) is 36.6 Å². The van der Waals surface area contributed by atoms with Crippen LogP contribution in [0.5, 0.6) is 0 Å². The zero-order valence-corrected chi connectivity index (χ0v) is 13.4. The molecule has 0 radical (unpaired) electrons. The minimum absolute atomic E-state index is 0.00297. The number of nitrogens with zero attached hydrogens (tertiary/aromatic N) is 2. The van der Waals surface area contributed by atoms with Gasteiger partial charge in [-0.2, -0.15) is 0 Å². The molecule has 6 nitrogen and oxygen atoms in total. The third kappa shape index (κ3) is 4.23. The number of hydrazine groups is 1. The van der Waals surface area contributed by atoms with Gasteiger partial charge < -0.3 is 0 Å². The average Bonchev–Trinajstić information content (AvgIpc) is 2.45. The number of aryl methyl sites for hydroxylation is 1. The lowest BCUT2D eigenvalue weighted by molar-refractivity contribution is 0.238. The van der Waals surface area contributed by atoms with Gasteiger partial charge in [0.05, 0.1) is 6.26 Å². The lowest BCUT2D eigenvalue weighted by Crippen LogP contribution is -2.41. The van der Waals surface area contributed by atoms with E-state index in [1.54, 1.807) is 10.5 Å². The van der Waals surface area contributed by atoms with Crippen molar-refractivity contribution < 1.29 is 8.42 Å². The van der Waals surface area contributed by atoms with Gasteiger partial charge in [0, 0.05) is 31.0 Å². The third-order valence-electron chi connectivity index (χ3n) is 4.14. The molecule has 1 saturated heterocycles. The fourth-order valence-electron chi connectivity index (χ4n) is 3.00. The van der Waals surface area contributed by atoms with Crippen molar-refractivity contribution in [1.82, 2.24) is 14.7 Å². The smallest absolute Gasteiger partial charge is 0.211 e. The summed E-state index contributed by atoms with van der Waals surface area (Å²) in [5.74, 6) is 6.02. The molecule has 1 aromatic heterocycles. The Bertz CT molecular complexity index is 576. The van der Waals surface area contributed by atoms with Crippen molar-refractivity contribution in [2.24, 2.45) is 11.8 Å². The third-order valence-corrected chi connectivity index (χ3v) is 5.41. The molecule has 2 rings (SSSR count). The second-order valence-corrected chi connectivity index (χ2v) is 7.74. The van der Waals surface area contributed by atoms with Crippen molar-refractivity contribution in [3.63, 3.8) is 0 Å². The SMILES string of the molecule is Cc1ncccc1C(CC1CCCN(S(C)(=O)=O)C1)NN. The molecule has 0 saturated carbocycles. The molecule has 1 fully saturated rings. The summed E-state index contributed by atoms with van der Waals surface area (Å²) < 4.78 is 24.9. The van der Waals surface area contributed by atoms with Gasteiger partial charge in [0.15, 0.2) is 0 Å². The van der Waals surface area contributed by atoms with Crippen molar-refractivity contribution in [1.29, 1.82) is 0 Å². The number of sulfonamides is 1. The first kappa shape index (κ1) is 16.4. The van der Waals surface area contributed by atoms with Gasteiger partial charge in [0.1, 0.15) is 0 Å². The summed E-state index contributed by atoms with van der Waals surface area (Å²) in [6.07, 6.45) is 5.79. The summed E-state index contributed by atoms with van der Waals surface area (Å²) in [5.41, 5.74) is 4.89. The Hall–Kier alpha value is -1.02. The van der Waals surface area contributed by atoms with E-state index in [9.17, 15) is 8.42 Å². The molecule has 0 aromatic carbocycles. The molecular weight excluding hydrogens is 288 g/mol. The van der Waals surface area contributed by atoms with Gasteiger partial charge in [0.25, 0.3) is 0 Å². The van der Waals surface area contributed by atoms with E-state index in [2.05, 4.69) is 10.4 Å². The van der Waals surface area contributed by atoms with Crippen LogP contribution in [0.25, 0.3) is 0 Å². The number of nitrogens with one attached hydrogen (secondary N) is 1. The summed E-state index contributed by atoms with van der Waals surface area (Å²) in [6.45, 7) is 3.17. The van der Waals surface area contributed by atoms with Crippen LogP contribution in [0.2, 0.25) is 0 Å². The van der Waals surface area contributed by atoms with Crippen molar-refractivity contribution in [2.45, 2.75) is 32.2 Å². The van der Waals surface area contributed by atoms with Gasteiger partial charge in [-0.05, 0) is 43.7 Å². The van der Waals surface area contributed by atoms with Gasteiger partial charge in [-0.15, -0.1) is 0 Å². The molecule has 2 atom stereocenters. The van der Waals surface area contributed by atoms with Crippen molar-refractivity contribution in [3.8, 4) is 0 Å². The zero-order valence-electron chi connectivity index (χ0n) is 12.6. The Kier molecular flexibility index (Phi) is 5.32. The van der Waals surface area contributed by atoms with Crippen LogP contribution < -0.4 is 11.3 Å².